The molecule has 0 heterocycles. The van der Waals surface area contributed by atoms with Crippen LogP contribution in [-0.4, -0.2) is 23.9 Å². The van der Waals surface area contributed by atoms with Crippen LogP contribution in [0.1, 0.15) is 22.3 Å². The second-order valence-corrected chi connectivity index (χ2v) is 5.14. The summed E-state index contributed by atoms with van der Waals surface area (Å²) in [5.74, 6) is -0.369. The fraction of sp³-hybridized carbons (Fsp3) is 0.222. The summed E-state index contributed by atoms with van der Waals surface area (Å²) in [7, 11) is 1.32. The van der Waals surface area contributed by atoms with Gasteiger partial charge in [-0.15, -0.1) is 0 Å². The Balaban J connectivity index is 2.29. The Hall–Kier alpha value is -2.82. The SMILES string of the molecule is CON=C(C(=O)O)c1ccccc1COc1cc(C)ccc1C. The fourth-order valence-electron chi connectivity index (χ4n) is 2.19. The molecule has 2 rings (SSSR count). The minimum atomic E-state index is -1.15. The second kappa shape index (κ2) is 7.45. The molecule has 0 aliphatic heterocycles. The molecule has 0 unspecified atom stereocenters. The molecule has 0 saturated heterocycles. The van der Waals surface area contributed by atoms with Crippen molar-refractivity contribution in [3.8, 4) is 5.75 Å². The smallest absolute Gasteiger partial charge is 0.358 e. The average Bonchev–Trinajstić information content (AvgIpc) is 2.53. The summed E-state index contributed by atoms with van der Waals surface area (Å²) in [6.45, 7) is 4.21. The van der Waals surface area contributed by atoms with Crippen LogP contribution >= 0.6 is 0 Å². The van der Waals surface area contributed by atoms with Gasteiger partial charge in [-0.05, 0) is 36.6 Å². The molecule has 0 bridgehead atoms. The highest BCUT2D eigenvalue weighted by atomic mass is 16.6. The van der Waals surface area contributed by atoms with E-state index in [1.54, 1.807) is 12.1 Å². The van der Waals surface area contributed by atoms with Crippen LogP contribution in [0.15, 0.2) is 47.6 Å². The van der Waals surface area contributed by atoms with Crippen molar-refractivity contribution in [3.63, 3.8) is 0 Å². The zero-order valence-electron chi connectivity index (χ0n) is 13.4. The molecule has 5 nitrogen and oxygen atoms in total. The molecule has 0 saturated carbocycles. The first kappa shape index (κ1) is 16.5. The van der Waals surface area contributed by atoms with E-state index < -0.39 is 5.97 Å². The number of hydrogen-bond acceptors (Lipinski definition) is 4. The maximum Gasteiger partial charge on any atom is 0.358 e. The largest absolute Gasteiger partial charge is 0.489 e. The van der Waals surface area contributed by atoms with Gasteiger partial charge in [0.15, 0.2) is 5.71 Å². The van der Waals surface area contributed by atoms with Crippen LogP contribution in [0.2, 0.25) is 0 Å². The first-order valence-corrected chi connectivity index (χ1v) is 7.15. The standard InChI is InChI=1S/C18H19NO4/c1-12-8-9-13(2)16(10-12)23-11-14-6-4-5-7-15(14)17(18(20)21)19-22-3/h4-10H,11H2,1-3H3,(H,20,21). The highest BCUT2D eigenvalue weighted by molar-refractivity contribution is 6.42. The molecule has 23 heavy (non-hydrogen) atoms. The Kier molecular flexibility index (Phi) is 5.36. The Labute approximate surface area is 135 Å². The molecule has 2 aromatic rings. The summed E-state index contributed by atoms with van der Waals surface area (Å²) < 4.78 is 5.86. The maximum atomic E-state index is 11.4. The zero-order valence-corrected chi connectivity index (χ0v) is 13.4. The first-order valence-electron chi connectivity index (χ1n) is 7.15. The van der Waals surface area contributed by atoms with Crippen LogP contribution in [-0.2, 0) is 16.2 Å². The molecule has 5 heteroatoms. The van der Waals surface area contributed by atoms with E-state index in [1.807, 2.05) is 44.2 Å². The number of aryl methyl sites for hydroxylation is 2. The monoisotopic (exact) mass is 313 g/mol. The highest BCUT2D eigenvalue weighted by Crippen LogP contribution is 2.21. The van der Waals surface area contributed by atoms with Gasteiger partial charge in [-0.25, -0.2) is 4.79 Å². The quantitative estimate of drug-likeness (QED) is 0.656. The van der Waals surface area contributed by atoms with Crippen LogP contribution in [0, 0.1) is 13.8 Å². The molecule has 1 N–H and O–H groups in total. The van der Waals surface area contributed by atoms with Gasteiger partial charge in [-0.3, -0.25) is 0 Å². The van der Waals surface area contributed by atoms with Gasteiger partial charge in [-0.2, -0.15) is 0 Å². The number of ether oxygens (including phenoxy) is 1. The van der Waals surface area contributed by atoms with E-state index >= 15 is 0 Å². The summed E-state index contributed by atoms with van der Waals surface area (Å²) in [4.78, 5) is 16.0. The van der Waals surface area contributed by atoms with Crippen LogP contribution in [0.5, 0.6) is 5.75 Å². The topological polar surface area (TPSA) is 68.1 Å². The van der Waals surface area contributed by atoms with E-state index in [2.05, 4.69) is 9.99 Å². The van der Waals surface area contributed by atoms with Gasteiger partial charge in [0, 0.05) is 5.56 Å². The van der Waals surface area contributed by atoms with E-state index in [0.717, 1.165) is 22.4 Å². The minimum absolute atomic E-state index is 0.146. The molecule has 0 aromatic heterocycles. The van der Waals surface area contributed by atoms with Crippen LogP contribution in [0.4, 0.5) is 0 Å². The van der Waals surface area contributed by atoms with Gasteiger partial charge in [0.25, 0.3) is 0 Å². The van der Waals surface area contributed by atoms with Crippen LogP contribution in [0.25, 0.3) is 0 Å². The molecule has 0 fully saturated rings. The van der Waals surface area contributed by atoms with E-state index in [9.17, 15) is 9.90 Å². The lowest BCUT2D eigenvalue weighted by Gasteiger charge is -2.13. The molecule has 0 spiro atoms. The molecular weight excluding hydrogens is 294 g/mol. The number of rotatable bonds is 6. The third kappa shape index (κ3) is 4.10. The number of oxime groups is 1. The molecular formula is C18H19NO4. The highest BCUT2D eigenvalue weighted by Gasteiger charge is 2.17. The van der Waals surface area contributed by atoms with Crippen molar-refractivity contribution in [2.45, 2.75) is 20.5 Å². The van der Waals surface area contributed by atoms with Crippen molar-refractivity contribution in [3.05, 3.63) is 64.7 Å². The number of hydrogen-bond donors (Lipinski definition) is 1. The number of benzene rings is 2. The third-order valence-corrected chi connectivity index (χ3v) is 3.38. The molecule has 0 amide bonds. The Bertz CT molecular complexity index is 738. The van der Waals surface area contributed by atoms with Crippen molar-refractivity contribution >= 4 is 11.7 Å². The Morgan fingerprint density at radius 3 is 2.61 bits per heavy atom. The summed E-state index contributed by atoms with van der Waals surface area (Å²) in [5.41, 5.74) is 3.19. The average molecular weight is 313 g/mol. The Morgan fingerprint density at radius 1 is 1.17 bits per heavy atom. The normalized spacial score (nSPS) is 11.2. The first-order chi connectivity index (χ1) is 11.0. The Morgan fingerprint density at radius 2 is 1.91 bits per heavy atom. The molecule has 0 aliphatic carbocycles. The number of carboxylic acid groups (broad SMARTS) is 1. The van der Waals surface area contributed by atoms with Crippen molar-refractivity contribution < 1.29 is 19.5 Å². The van der Waals surface area contributed by atoms with Gasteiger partial charge >= 0.3 is 5.97 Å². The number of carboxylic acids is 1. The summed E-state index contributed by atoms with van der Waals surface area (Å²) >= 11 is 0. The summed E-state index contributed by atoms with van der Waals surface area (Å²) in [6, 6.07) is 13.1. The number of carbonyl (C=O) groups is 1. The van der Waals surface area contributed by atoms with E-state index in [4.69, 9.17) is 4.74 Å². The van der Waals surface area contributed by atoms with Crippen molar-refractivity contribution in [2.24, 2.45) is 5.16 Å². The molecule has 0 radical (unpaired) electrons. The number of nitrogens with zero attached hydrogens (tertiary/aromatic N) is 1. The van der Waals surface area contributed by atoms with Crippen molar-refractivity contribution in [1.82, 2.24) is 0 Å². The van der Waals surface area contributed by atoms with Gasteiger partial charge in [0.1, 0.15) is 19.5 Å². The van der Waals surface area contributed by atoms with Gasteiger partial charge in [-0.1, -0.05) is 41.6 Å². The lowest BCUT2D eigenvalue weighted by molar-refractivity contribution is -0.129. The third-order valence-electron chi connectivity index (χ3n) is 3.38. The van der Waals surface area contributed by atoms with Crippen LogP contribution < -0.4 is 4.74 Å². The van der Waals surface area contributed by atoms with E-state index in [1.165, 1.54) is 7.11 Å². The van der Waals surface area contributed by atoms with E-state index in [-0.39, 0.29) is 12.3 Å². The number of aliphatic carboxylic acids is 1. The predicted molar refractivity (Wildman–Crippen MR) is 87.9 cm³/mol. The summed E-state index contributed by atoms with van der Waals surface area (Å²) in [6.07, 6.45) is 0. The van der Waals surface area contributed by atoms with Crippen molar-refractivity contribution in [2.75, 3.05) is 7.11 Å². The fourth-order valence-corrected chi connectivity index (χ4v) is 2.19. The summed E-state index contributed by atoms with van der Waals surface area (Å²) in [5, 5.41) is 12.9. The maximum absolute atomic E-state index is 11.4. The van der Waals surface area contributed by atoms with Crippen LogP contribution in [0.3, 0.4) is 0 Å². The minimum Gasteiger partial charge on any atom is -0.489 e. The van der Waals surface area contributed by atoms with E-state index in [0.29, 0.717) is 5.56 Å². The van der Waals surface area contributed by atoms with Gasteiger partial charge < -0.3 is 14.7 Å². The molecule has 0 atom stereocenters. The van der Waals surface area contributed by atoms with Crippen molar-refractivity contribution in [1.29, 1.82) is 0 Å². The van der Waals surface area contributed by atoms with Gasteiger partial charge in [0.05, 0.1) is 0 Å². The molecule has 120 valence electrons. The second-order valence-electron chi connectivity index (χ2n) is 5.14. The predicted octanol–water partition coefficient (Wildman–Crippen LogP) is 3.32. The lowest BCUT2D eigenvalue weighted by atomic mass is 10.0. The molecule has 2 aromatic carbocycles. The molecule has 0 aliphatic rings. The zero-order chi connectivity index (χ0) is 16.8. The lowest BCUT2D eigenvalue weighted by Crippen LogP contribution is -2.17. The van der Waals surface area contributed by atoms with Gasteiger partial charge in [0.2, 0.25) is 0 Å².